The number of rotatable bonds is 5. The van der Waals surface area contributed by atoms with Crippen LogP contribution in [0.1, 0.15) is 36.8 Å². The molecule has 0 radical (unpaired) electrons. The van der Waals surface area contributed by atoms with Gasteiger partial charge in [-0.2, -0.15) is 0 Å². The number of hydrogen-bond donors (Lipinski definition) is 1. The van der Waals surface area contributed by atoms with E-state index < -0.39 is 0 Å². The summed E-state index contributed by atoms with van der Waals surface area (Å²) in [5, 5.41) is 0. The molecule has 1 saturated heterocycles. The molecule has 1 aliphatic heterocycles. The van der Waals surface area contributed by atoms with Gasteiger partial charge in [-0.3, -0.25) is 4.90 Å². The van der Waals surface area contributed by atoms with Gasteiger partial charge in [0.25, 0.3) is 0 Å². The standard InChI is InChI=1S/C15H27N3O/c1-4-18-7-5-14(6-8-18)17(3)11-13-9-15(10-16)19-12(13)2/h9,14H,4-8,10-11,16H2,1-3H3. The van der Waals surface area contributed by atoms with Gasteiger partial charge in [0, 0.05) is 18.2 Å². The maximum Gasteiger partial charge on any atom is 0.118 e. The zero-order chi connectivity index (χ0) is 13.8. The first kappa shape index (κ1) is 14.6. The van der Waals surface area contributed by atoms with Crippen LogP contribution in [0.15, 0.2) is 10.5 Å². The van der Waals surface area contributed by atoms with Crippen LogP contribution >= 0.6 is 0 Å². The van der Waals surface area contributed by atoms with Crippen molar-refractivity contribution in [2.45, 2.75) is 45.8 Å². The van der Waals surface area contributed by atoms with Gasteiger partial charge in [0.2, 0.25) is 0 Å². The molecule has 0 saturated carbocycles. The zero-order valence-electron chi connectivity index (χ0n) is 12.5. The van der Waals surface area contributed by atoms with Crippen LogP contribution in [0.2, 0.25) is 0 Å². The number of nitrogens with zero attached hydrogens (tertiary/aromatic N) is 2. The average Bonchev–Trinajstić information content (AvgIpc) is 2.79. The Bertz CT molecular complexity index is 394. The molecule has 2 heterocycles. The minimum absolute atomic E-state index is 0.486. The molecule has 0 unspecified atom stereocenters. The van der Waals surface area contributed by atoms with Crippen LogP contribution in [-0.4, -0.2) is 42.5 Å². The molecule has 19 heavy (non-hydrogen) atoms. The lowest BCUT2D eigenvalue weighted by atomic mass is 10.0. The molecule has 4 nitrogen and oxygen atoms in total. The first-order valence-corrected chi connectivity index (χ1v) is 7.34. The van der Waals surface area contributed by atoms with Crippen LogP contribution in [0, 0.1) is 6.92 Å². The third kappa shape index (κ3) is 3.59. The highest BCUT2D eigenvalue weighted by atomic mass is 16.3. The van der Waals surface area contributed by atoms with Gasteiger partial charge in [0.05, 0.1) is 6.54 Å². The van der Waals surface area contributed by atoms with Gasteiger partial charge < -0.3 is 15.1 Å². The maximum absolute atomic E-state index is 5.63. The summed E-state index contributed by atoms with van der Waals surface area (Å²) in [6.07, 6.45) is 2.54. The number of furan rings is 1. The zero-order valence-corrected chi connectivity index (χ0v) is 12.5. The molecule has 1 aliphatic rings. The molecular formula is C15H27N3O. The van der Waals surface area contributed by atoms with Gasteiger partial charge in [0.15, 0.2) is 0 Å². The van der Waals surface area contributed by atoms with E-state index in [4.69, 9.17) is 10.2 Å². The van der Waals surface area contributed by atoms with Crippen molar-refractivity contribution < 1.29 is 4.42 Å². The smallest absolute Gasteiger partial charge is 0.118 e. The fraction of sp³-hybridized carbons (Fsp3) is 0.733. The predicted molar refractivity (Wildman–Crippen MR) is 77.9 cm³/mol. The minimum Gasteiger partial charge on any atom is -0.465 e. The van der Waals surface area contributed by atoms with E-state index in [0.717, 1.165) is 18.1 Å². The molecule has 0 spiro atoms. The average molecular weight is 265 g/mol. The highest BCUT2D eigenvalue weighted by Crippen LogP contribution is 2.20. The Morgan fingerprint density at radius 3 is 2.63 bits per heavy atom. The molecule has 2 rings (SSSR count). The normalized spacial score (nSPS) is 18.4. The number of hydrogen-bond acceptors (Lipinski definition) is 4. The Balaban J connectivity index is 1.90. The first-order valence-electron chi connectivity index (χ1n) is 7.34. The summed E-state index contributed by atoms with van der Waals surface area (Å²) in [6, 6.07) is 2.80. The van der Waals surface area contributed by atoms with Gasteiger partial charge in [-0.25, -0.2) is 0 Å². The van der Waals surface area contributed by atoms with Crippen LogP contribution < -0.4 is 5.73 Å². The van der Waals surface area contributed by atoms with E-state index in [2.05, 4.69) is 29.8 Å². The SMILES string of the molecule is CCN1CCC(N(C)Cc2cc(CN)oc2C)CC1. The van der Waals surface area contributed by atoms with Crippen molar-refractivity contribution in [3.63, 3.8) is 0 Å². The van der Waals surface area contributed by atoms with Crippen LogP contribution in [0.25, 0.3) is 0 Å². The van der Waals surface area contributed by atoms with E-state index in [0.29, 0.717) is 12.6 Å². The number of piperidine rings is 1. The quantitative estimate of drug-likeness (QED) is 0.884. The predicted octanol–water partition coefficient (Wildman–Crippen LogP) is 1.96. The van der Waals surface area contributed by atoms with Crippen molar-refractivity contribution in [1.82, 2.24) is 9.80 Å². The van der Waals surface area contributed by atoms with Gasteiger partial charge >= 0.3 is 0 Å². The molecule has 0 aromatic carbocycles. The summed E-state index contributed by atoms with van der Waals surface area (Å²) in [5.41, 5.74) is 6.90. The Labute approximate surface area is 116 Å². The Hall–Kier alpha value is -0.840. The lowest BCUT2D eigenvalue weighted by molar-refractivity contribution is 0.126. The lowest BCUT2D eigenvalue weighted by Gasteiger charge is -2.36. The molecule has 0 bridgehead atoms. The van der Waals surface area contributed by atoms with E-state index in [1.165, 1.54) is 38.0 Å². The van der Waals surface area contributed by atoms with Crippen molar-refractivity contribution in [3.8, 4) is 0 Å². The van der Waals surface area contributed by atoms with E-state index >= 15 is 0 Å². The molecule has 1 aromatic rings. The van der Waals surface area contributed by atoms with Crippen LogP contribution in [-0.2, 0) is 13.1 Å². The number of aryl methyl sites for hydroxylation is 1. The fourth-order valence-corrected chi connectivity index (χ4v) is 2.92. The molecule has 0 amide bonds. The molecule has 0 atom stereocenters. The summed E-state index contributed by atoms with van der Waals surface area (Å²) in [7, 11) is 2.22. The maximum atomic E-state index is 5.63. The monoisotopic (exact) mass is 265 g/mol. The summed E-state index contributed by atoms with van der Waals surface area (Å²) in [5.74, 6) is 1.90. The van der Waals surface area contributed by atoms with Crippen LogP contribution in [0.5, 0.6) is 0 Å². The first-order chi connectivity index (χ1) is 9.13. The summed E-state index contributed by atoms with van der Waals surface area (Å²) in [4.78, 5) is 4.99. The Kier molecular flexibility index (Phi) is 5.02. The van der Waals surface area contributed by atoms with Crippen molar-refractivity contribution in [2.75, 3.05) is 26.7 Å². The van der Waals surface area contributed by atoms with E-state index in [1.54, 1.807) is 0 Å². The summed E-state index contributed by atoms with van der Waals surface area (Å²) in [6.45, 7) is 9.35. The van der Waals surface area contributed by atoms with Gasteiger partial charge in [-0.15, -0.1) is 0 Å². The topological polar surface area (TPSA) is 45.6 Å². The van der Waals surface area contributed by atoms with Crippen molar-refractivity contribution in [2.24, 2.45) is 5.73 Å². The van der Waals surface area contributed by atoms with E-state index in [1.807, 2.05) is 6.92 Å². The minimum atomic E-state index is 0.486. The second kappa shape index (κ2) is 6.55. The molecule has 108 valence electrons. The molecule has 1 fully saturated rings. The summed E-state index contributed by atoms with van der Waals surface area (Å²) >= 11 is 0. The third-order valence-corrected chi connectivity index (χ3v) is 4.32. The summed E-state index contributed by atoms with van der Waals surface area (Å²) < 4.78 is 5.63. The highest BCUT2D eigenvalue weighted by Gasteiger charge is 2.22. The van der Waals surface area contributed by atoms with Crippen molar-refractivity contribution in [1.29, 1.82) is 0 Å². The van der Waals surface area contributed by atoms with Gasteiger partial charge in [-0.05, 0) is 52.5 Å². The molecule has 2 N–H and O–H groups in total. The third-order valence-electron chi connectivity index (χ3n) is 4.32. The molecule has 4 heteroatoms. The highest BCUT2D eigenvalue weighted by molar-refractivity contribution is 5.20. The number of likely N-dealkylation sites (tertiary alicyclic amines) is 1. The van der Waals surface area contributed by atoms with Crippen molar-refractivity contribution in [3.05, 3.63) is 23.2 Å². The number of nitrogens with two attached hydrogens (primary N) is 1. The Morgan fingerprint density at radius 1 is 1.42 bits per heavy atom. The van der Waals surface area contributed by atoms with E-state index in [-0.39, 0.29) is 0 Å². The Morgan fingerprint density at radius 2 is 2.11 bits per heavy atom. The van der Waals surface area contributed by atoms with Crippen LogP contribution in [0.3, 0.4) is 0 Å². The largest absolute Gasteiger partial charge is 0.465 e. The van der Waals surface area contributed by atoms with Gasteiger partial charge in [0.1, 0.15) is 11.5 Å². The molecular weight excluding hydrogens is 238 g/mol. The molecule has 0 aliphatic carbocycles. The lowest BCUT2D eigenvalue weighted by Crippen LogP contribution is -2.42. The van der Waals surface area contributed by atoms with Gasteiger partial charge in [-0.1, -0.05) is 6.92 Å². The second-order valence-corrected chi connectivity index (χ2v) is 5.58. The van der Waals surface area contributed by atoms with Crippen molar-refractivity contribution >= 4 is 0 Å². The van der Waals surface area contributed by atoms with Crippen LogP contribution in [0.4, 0.5) is 0 Å². The second-order valence-electron chi connectivity index (χ2n) is 5.58. The fourth-order valence-electron chi connectivity index (χ4n) is 2.92. The van der Waals surface area contributed by atoms with E-state index in [9.17, 15) is 0 Å². The molecule has 1 aromatic heterocycles.